The van der Waals surface area contributed by atoms with E-state index < -0.39 is 5.91 Å². The summed E-state index contributed by atoms with van der Waals surface area (Å²) in [6.45, 7) is 1.68. The molecule has 0 saturated carbocycles. The van der Waals surface area contributed by atoms with Gasteiger partial charge in [-0.1, -0.05) is 0 Å². The second-order valence-electron chi connectivity index (χ2n) is 4.23. The maximum Gasteiger partial charge on any atom is 0.274 e. The molecule has 0 saturated heterocycles. The number of hydrogen-bond acceptors (Lipinski definition) is 5. The highest BCUT2D eigenvalue weighted by atomic mass is 79.9. The van der Waals surface area contributed by atoms with Crippen molar-refractivity contribution in [1.29, 1.82) is 0 Å². The highest BCUT2D eigenvalue weighted by molar-refractivity contribution is 9.13. The van der Waals surface area contributed by atoms with Crippen LogP contribution in [0.2, 0.25) is 0 Å². The normalized spacial score (nSPS) is 10.9. The summed E-state index contributed by atoms with van der Waals surface area (Å²) in [5, 5.41) is 13.9. The van der Waals surface area contributed by atoms with E-state index in [9.17, 15) is 9.90 Å². The number of hydrazone groups is 1. The molecule has 0 spiro atoms. The lowest BCUT2D eigenvalue weighted by Crippen LogP contribution is -2.17. The number of halogens is 2. The minimum Gasteiger partial charge on any atom is -0.504 e. The van der Waals surface area contributed by atoms with Crippen LogP contribution in [0.3, 0.4) is 0 Å². The Morgan fingerprint density at radius 3 is 2.82 bits per heavy atom. The first-order chi connectivity index (χ1) is 10.5. The summed E-state index contributed by atoms with van der Waals surface area (Å²) in [4.78, 5) is 11.9. The predicted octanol–water partition coefficient (Wildman–Crippen LogP) is 3.59. The van der Waals surface area contributed by atoms with E-state index in [1.54, 1.807) is 19.1 Å². The maximum absolute atomic E-state index is 11.9. The molecule has 0 aliphatic heterocycles. The minimum atomic E-state index is -0.403. The summed E-state index contributed by atoms with van der Waals surface area (Å²) >= 11 is 6.66. The molecule has 22 heavy (non-hydrogen) atoms. The lowest BCUT2D eigenvalue weighted by atomic mass is 10.2. The third-order valence-corrected chi connectivity index (χ3v) is 4.89. The number of ether oxygens (including phenoxy) is 1. The molecule has 1 aromatic heterocycles. The van der Waals surface area contributed by atoms with Gasteiger partial charge in [-0.15, -0.1) is 0 Å². The molecular formula is C14H12Br2N2O4. The van der Waals surface area contributed by atoms with E-state index in [0.29, 0.717) is 25.8 Å². The zero-order chi connectivity index (χ0) is 16.3. The second kappa shape index (κ2) is 6.97. The van der Waals surface area contributed by atoms with Crippen LogP contribution < -0.4 is 10.2 Å². The fourth-order valence-corrected chi connectivity index (χ4v) is 2.55. The number of nitrogens with one attached hydrogen (secondary N) is 1. The first-order valence-electron chi connectivity index (χ1n) is 6.08. The molecule has 0 unspecified atom stereocenters. The van der Waals surface area contributed by atoms with Crippen molar-refractivity contribution < 1.29 is 19.1 Å². The van der Waals surface area contributed by atoms with E-state index in [2.05, 4.69) is 42.4 Å². The molecule has 116 valence electrons. The maximum atomic E-state index is 11.9. The van der Waals surface area contributed by atoms with Gasteiger partial charge in [-0.3, -0.25) is 4.79 Å². The number of amides is 1. The first kappa shape index (κ1) is 16.6. The van der Waals surface area contributed by atoms with Crippen LogP contribution in [0.25, 0.3) is 0 Å². The molecule has 2 N–H and O–H groups in total. The Bertz CT molecular complexity index is 741. The van der Waals surface area contributed by atoms with E-state index in [-0.39, 0.29) is 11.5 Å². The monoisotopic (exact) mass is 430 g/mol. The zero-order valence-electron chi connectivity index (χ0n) is 11.7. The Hall–Kier alpha value is -1.80. The van der Waals surface area contributed by atoms with Gasteiger partial charge < -0.3 is 14.3 Å². The van der Waals surface area contributed by atoms with Gasteiger partial charge in [-0.2, -0.15) is 5.10 Å². The SMILES string of the molecule is COc1cc(Br)c(Br)c(/C=N/NC(=O)c2ccoc2C)c1O. The van der Waals surface area contributed by atoms with E-state index in [4.69, 9.17) is 9.15 Å². The molecule has 1 aromatic carbocycles. The molecule has 6 nitrogen and oxygen atoms in total. The van der Waals surface area contributed by atoms with Crippen molar-refractivity contribution in [2.45, 2.75) is 6.92 Å². The van der Waals surface area contributed by atoms with Crippen LogP contribution in [0.5, 0.6) is 11.5 Å². The average Bonchev–Trinajstić information content (AvgIpc) is 2.92. The largest absolute Gasteiger partial charge is 0.504 e. The molecule has 0 bridgehead atoms. The van der Waals surface area contributed by atoms with Crippen molar-refractivity contribution in [1.82, 2.24) is 5.43 Å². The molecule has 0 aliphatic rings. The van der Waals surface area contributed by atoms with Crippen LogP contribution in [0.15, 0.2) is 36.9 Å². The third-order valence-electron chi connectivity index (χ3n) is 2.88. The highest BCUT2D eigenvalue weighted by Gasteiger charge is 2.15. The van der Waals surface area contributed by atoms with Crippen molar-refractivity contribution in [2.75, 3.05) is 7.11 Å². The van der Waals surface area contributed by atoms with Gasteiger partial charge in [0.1, 0.15) is 5.76 Å². The highest BCUT2D eigenvalue weighted by Crippen LogP contribution is 2.39. The summed E-state index contributed by atoms with van der Waals surface area (Å²) in [5.41, 5.74) is 3.13. The van der Waals surface area contributed by atoms with Gasteiger partial charge in [0.25, 0.3) is 5.91 Å². The smallest absolute Gasteiger partial charge is 0.274 e. The van der Waals surface area contributed by atoms with Crippen molar-refractivity contribution >= 4 is 44.0 Å². The number of hydrogen-bond donors (Lipinski definition) is 2. The van der Waals surface area contributed by atoms with Gasteiger partial charge in [-0.05, 0) is 50.9 Å². The summed E-state index contributed by atoms with van der Waals surface area (Å²) in [6, 6.07) is 3.17. The third kappa shape index (κ3) is 3.33. The van der Waals surface area contributed by atoms with Gasteiger partial charge in [0, 0.05) is 8.95 Å². The van der Waals surface area contributed by atoms with Crippen LogP contribution in [0.1, 0.15) is 21.7 Å². The molecule has 1 heterocycles. The number of rotatable bonds is 4. The number of aromatic hydroxyl groups is 1. The first-order valence-corrected chi connectivity index (χ1v) is 7.66. The summed E-state index contributed by atoms with van der Waals surface area (Å²) in [7, 11) is 1.44. The fraction of sp³-hybridized carbons (Fsp3) is 0.143. The number of carbonyl (C=O) groups excluding carboxylic acids is 1. The number of carbonyl (C=O) groups is 1. The van der Waals surface area contributed by atoms with Crippen LogP contribution >= 0.6 is 31.9 Å². The second-order valence-corrected chi connectivity index (χ2v) is 5.87. The van der Waals surface area contributed by atoms with Gasteiger partial charge in [-0.25, -0.2) is 5.43 Å². The lowest BCUT2D eigenvalue weighted by molar-refractivity contribution is 0.0953. The molecule has 0 fully saturated rings. The number of furan rings is 1. The molecule has 0 atom stereocenters. The van der Waals surface area contributed by atoms with Crippen molar-refractivity contribution in [2.24, 2.45) is 5.10 Å². The van der Waals surface area contributed by atoms with E-state index >= 15 is 0 Å². The van der Waals surface area contributed by atoms with Gasteiger partial charge in [0.15, 0.2) is 11.5 Å². The molecule has 0 radical (unpaired) electrons. The Morgan fingerprint density at radius 1 is 1.50 bits per heavy atom. The Morgan fingerprint density at radius 2 is 2.23 bits per heavy atom. The summed E-state index contributed by atoms with van der Waals surface area (Å²) < 4.78 is 11.4. The van der Waals surface area contributed by atoms with Crippen LogP contribution in [0, 0.1) is 6.92 Å². The number of phenolic OH excluding ortho intramolecular Hbond substituents is 1. The quantitative estimate of drug-likeness (QED) is 0.572. The molecule has 0 aliphatic carbocycles. The molecule has 1 amide bonds. The topological polar surface area (TPSA) is 84.1 Å². The standard InChI is InChI=1S/C14H12Br2N2O4/c1-7-8(3-4-22-7)14(20)18-17-6-9-12(16)10(15)5-11(21-2)13(9)19/h3-6,19H,1-2H3,(H,18,20)/b17-6+. The van der Waals surface area contributed by atoms with Gasteiger partial charge >= 0.3 is 0 Å². The minimum absolute atomic E-state index is 0.0879. The van der Waals surface area contributed by atoms with E-state index in [0.717, 1.165) is 0 Å². The fourth-order valence-electron chi connectivity index (χ4n) is 1.72. The number of benzene rings is 1. The van der Waals surface area contributed by atoms with Crippen molar-refractivity contribution in [3.63, 3.8) is 0 Å². The van der Waals surface area contributed by atoms with Crippen molar-refractivity contribution in [3.8, 4) is 11.5 Å². The Balaban J connectivity index is 2.22. The molecular weight excluding hydrogens is 420 g/mol. The zero-order valence-corrected chi connectivity index (χ0v) is 14.9. The van der Waals surface area contributed by atoms with Crippen molar-refractivity contribution in [3.05, 3.63) is 44.2 Å². The van der Waals surface area contributed by atoms with Crippen LogP contribution in [0.4, 0.5) is 0 Å². The summed E-state index contributed by atoms with van der Waals surface area (Å²) in [6.07, 6.45) is 2.75. The number of nitrogens with zero attached hydrogens (tertiary/aromatic N) is 1. The number of phenols is 1. The van der Waals surface area contributed by atoms with Gasteiger partial charge in [0.2, 0.25) is 0 Å². The molecule has 2 rings (SSSR count). The molecule has 2 aromatic rings. The summed E-state index contributed by atoms with van der Waals surface area (Å²) in [5.74, 6) is 0.296. The Labute approximate surface area is 143 Å². The number of aryl methyl sites for hydroxylation is 1. The predicted molar refractivity (Wildman–Crippen MR) is 88.6 cm³/mol. The van der Waals surface area contributed by atoms with Crippen LogP contribution in [-0.4, -0.2) is 24.3 Å². The van der Waals surface area contributed by atoms with E-state index in [1.165, 1.54) is 19.6 Å². The molecule has 8 heteroatoms. The van der Waals surface area contributed by atoms with E-state index in [1.807, 2.05) is 0 Å². The lowest BCUT2D eigenvalue weighted by Gasteiger charge is -2.09. The van der Waals surface area contributed by atoms with Crippen LogP contribution in [-0.2, 0) is 0 Å². The van der Waals surface area contributed by atoms with Gasteiger partial charge in [0.05, 0.1) is 30.7 Å². The average molecular weight is 432 g/mol. The Kier molecular flexibility index (Phi) is 5.25. The number of methoxy groups -OCH3 is 1.